The van der Waals surface area contributed by atoms with Crippen LogP contribution in [0.25, 0.3) is 0 Å². The second-order valence-corrected chi connectivity index (χ2v) is 8.41. The van der Waals surface area contributed by atoms with E-state index in [4.69, 9.17) is 21.1 Å². The molecule has 1 heterocycles. The Labute approximate surface area is 158 Å². The molecular weight excluding hydrogens is 332 g/mol. The first-order valence-corrected chi connectivity index (χ1v) is 10.7. The summed E-state index contributed by atoms with van der Waals surface area (Å²) in [7, 11) is 0. The van der Waals surface area contributed by atoms with Crippen LogP contribution in [0.5, 0.6) is 0 Å². The van der Waals surface area contributed by atoms with Gasteiger partial charge >= 0.3 is 0 Å². The van der Waals surface area contributed by atoms with Crippen molar-refractivity contribution in [3.63, 3.8) is 0 Å². The van der Waals surface area contributed by atoms with Crippen LogP contribution in [0.2, 0.25) is 0 Å². The monoisotopic (exact) mass is 364 g/mol. The molecule has 3 atom stereocenters. The molecule has 0 radical (unpaired) electrons. The molecule has 1 saturated carbocycles. The van der Waals surface area contributed by atoms with Crippen molar-refractivity contribution < 1.29 is 9.47 Å². The van der Waals surface area contributed by atoms with Gasteiger partial charge in [-0.1, -0.05) is 49.6 Å². The maximum absolute atomic E-state index is 6.55. The molecule has 0 amide bonds. The number of hydrogen-bond acceptors (Lipinski definition) is 2. The molecule has 3 heteroatoms. The van der Waals surface area contributed by atoms with Crippen LogP contribution in [0, 0.1) is 5.92 Å². The van der Waals surface area contributed by atoms with Gasteiger partial charge in [0.05, 0.1) is 18.8 Å². The summed E-state index contributed by atoms with van der Waals surface area (Å²) < 4.78 is 12.2. The lowest BCUT2D eigenvalue weighted by Crippen LogP contribution is -2.38. The van der Waals surface area contributed by atoms with Crippen LogP contribution >= 0.6 is 11.6 Å². The summed E-state index contributed by atoms with van der Waals surface area (Å²) in [4.78, 5) is 0. The molecule has 2 nitrogen and oxygen atoms in total. The molecule has 25 heavy (non-hydrogen) atoms. The molecule has 0 aromatic heterocycles. The van der Waals surface area contributed by atoms with E-state index in [1.54, 1.807) is 0 Å². The second-order valence-electron chi connectivity index (χ2n) is 7.80. The van der Waals surface area contributed by atoms with E-state index in [0.717, 1.165) is 38.2 Å². The largest absolute Gasteiger partial charge is 0.377 e. The maximum Gasteiger partial charge on any atom is 0.0716 e. The highest BCUT2D eigenvalue weighted by atomic mass is 35.5. The zero-order valence-corrected chi connectivity index (χ0v) is 16.1. The average Bonchev–Trinajstić information content (AvgIpc) is 2.66. The van der Waals surface area contributed by atoms with Gasteiger partial charge in [-0.15, -0.1) is 11.6 Å². The first kappa shape index (κ1) is 19.2. The molecule has 3 rings (SSSR count). The first-order valence-electron chi connectivity index (χ1n) is 10.2. The third kappa shape index (κ3) is 6.58. The Bertz CT molecular complexity index is 472. The fourth-order valence-electron chi connectivity index (χ4n) is 4.33. The minimum atomic E-state index is 0.306. The molecule has 0 bridgehead atoms. The predicted octanol–water partition coefficient (Wildman–Crippen LogP) is 6.11. The van der Waals surface area contributed by atoms with Crippen molar-refractivity contribution in [3.05, 3.63) is 35.9 Å². The molecule has 2 fully saturated rings. The van der Waals surface area contributed by atoms with Crippen LogP contribution in [-0.2, 0) is 16.1 Å². The molecule has 1 saturated heterocycles. The van der Waals surface area contributed by atoms with E-state index < -0.39 is 0 Å². The van der Waals surface area contributed by atoms with Crippen LogP contribution < -0.4 is 0 Å². The Morgan fingerprint density at radius 3 is 2.60 bits per heavy atom. The van der Waals surface area contributed by atoms with Gasteiger partial charge in [0, 0.05) is 12.0 Å². The lowest BCUT2D eigenvalue weighted by Gasteiger charge is -2.39. The van der Waals surface area contributed by atoms with Gasteiger partial charge < -0.3 is 9.47 Å². The Hall–Kier alpha value is -0.570. The van der Waals surface area contributed by atoms with Crippen molar-refractivity contribution in [1.82, 2.24) is 0 Å². The van der Waals surface area contributed by atoms with Crippen molar-refractivity contribution in [3.8, 4) is 0 Å². The van der Waals surface area contributed by atoms with Crippen molar-refractivity contribution in [2.45, 2.75) is 88.4 Å². The van der Waals surface area contributed by atoms with Gasteiger partial charge in [-0.25, -0.2) is 0 Å². The highest BCUT2D eigenvalue weighted by Gasteiger charge is 2.33. The first-order chi connectivity index (χ1) is 12.3. The van der Waals surface area contributed by atoms with Crippen LogP contribution in [0.3, 0.4) is 0 Å². The Balaban J connectivity index is 1.30. The molecule has 1 aliphatic heterocycles. The quantitative estimate of drug-likeness (QED) is 0.409. The molecule has 1 aromatic carbocycles. The third-order valence-electron chi connectivity index (χ3n) is 5.73. The zero-order chi connectivity index (χ0) is 17.3. The van der Waals surface area contributed by atoms with E-state index in [9.17, 15) is 0 Å². The van der Waals surface area contributed by atoms with Crippen LogP contribution in [0.4, 0.5) is 0 Å². The highest BCUT2D eigenvalue weighted by Crippen LogP contribution is 2.36. The molecule has 1 aromatic rings. The maximum atomic E-state index is 6.55. The molecular formula is C22H33ClO2. The topological polar surface area (TPSA) is 18.5 Å². The minimum absolute atomic E-state index is 0.306. The normalized spacial score (nSPS) is 28.1. The minimum Gasteiger partial charge on any atom is -0.377 e. The van der Waals surface area contributed by atoms with E-state index in [0.29, 0.717) is 24.2 Å². The van der Waals surface area contributed by atoms with E-state index >= 15 is 0 Å². The van der Waals surface area contributed by atoms with E-state index in [1.807, 2.05) is 6.07 Å². The van der Waals surface area contributed by atoms with Crippen molar-refractivity contribution >= 4 is 11.6 Å². The molecule has 0 spiro atoms. The Morgan fingerprint density at radius 2 is 1.80 bits per heavy atom. The van der Waals surface area contributed by atoms with Gasteiger partial charge in [-0.3, -0.25) is 0 Å². The fourth-order valence-corrected chi connectivity index (χ4v) is 4.70. The summed E-state index contributed by atoms with van der Waals surface area (Å²) in [6.07, 6.45) is 13.1. The van der Waals surface area contributed by atoms with Gasteiger partial charge in [-0.2, -0.15) is 0 Å². The zero-order valence-electron chi connectivity index (χ0n) is 15.4. The van der Waals surface area contributed by atoms with Crippen molar-refractivity contribution in [1.29, 1.82) is 0 Å². The number of rotatable bonds is 8. The number of unbranched alkanes of at least 4 members (excludes halogenated alkanes) is 1. The smallest absolute Gasteiger partial charge is 0.0716 e. The summed E-state index contributed by atoms with van der Waals surface area (Å²) in [5.74, 6) is 0.756. The summed E-state index contributed by atoms with van der Waals surface area (Å²) in [5.41, 5.74) is 1.25. The number of ether oxygens (including phenoxy) is 2. The van der Waals surface area contributed by atoms with E-state index in [-0.39, 0.29) is 0 Å². The summed E-state index contributed by atoms with van der Waals surface area (Å²) in [6, 6.07) is 10.4. The molecule has 1 aliphatic carbocycles. The van der Waals surface area contributed by atoms with Crippen molar-refractivity contribution in [2.75, 3.05) is 6.61 Å². The van der Waals surface area contributed by atoms with Gasteiger partial charge in [0.25, 0.3) is 0 Å². The average molecular weight is 365 g/mol. The molecule has 2 aliphatic rings. The van der Waals surface area contributed by atoms with Crippen molar-refractivity contribution in [2.24, 2.45) is 5.92 Å². The molecule has 1 unspecified atom stereocenters. The summed E-state index contributed by atoms with van der Waals surface area (Å²) in [6.45, 7) is 1.55. The SMILES string of the molecule is Cl[C@H]1CC(CCCCOCc2ccccc2)O[C@@H](C2CCCCC2)C1. The third-order valence-corrected chi connectivity index (χ3v) is 6.08. The van der Waals surface area contributed by atoms with E-state index in [2.05, 4.69) is 24.3 Å². The van der Waals surface area contributed by atoms with E-state index in [1.165, 1.54) is 44.1 Å². The van der Waals surface area contributed by atoms with Crippen LogP contribution in [0.15, 0.2) is 30.3 Å². The second kappa shape index (κ2) is 10.5. The predicted molar refractivity (Wildman–Crippen MR) is 104 cm³/mol. The number of hydrogen-bond donors (Lipinski definition) is 0. The molecule has 140 valence electrons. The lowest BCUT2D eigenvalue weighted by atomic mass is 9.82. The Morgan fingerprint density at radius 1 is 1.00 bits per heavy atom. The van der Waals surface area contributed by atoms with Gasteiger partial charge in [-0.05, 0) is 56.4 Å². The summed E-state index contributed by atoms with van der Waals surface area (Å²) >= 11 is 6.55. The number of benzene rings is 1. The van der Waals surface area contributed by atoms with Crippen LogP contribution in [0.1, 0.15) is 69.8 Å². The van der Waals surface area contributed by atoms with Gasteiger partial charge in [0.1, 0.15) is 0 Å². The fraction of sp³-hybridized carbons (Fsp3) is 0.727. The lowest BCUT2D eigenvalue weighted by molar-refractivity contribution is -0.0857. The Kier molecular flexibility index (Phi) is 8.10. The molecule has 0 N–H and O–H groups in total. The van der Waals surface area contributed by atoms with Crippen LogP contribution in [-0.4, -0.2) is 24.2 Å². The summed E-state index contributed by atoms with van der Waals surface area (Å²) in [5, 5.41) is 0.306. The van der Waals surface area contributed by atoms with Gasteiger partial charge in [0.2, 0.25) is 0 Å². The number of alkyl halides is 1. The highest BCUT2D eigenvalue weighted by molar-refractivity contribution is 6.20. The van der Waals surface area contributed by atoms with Gasteiger partial charge in [0.15, 0.2) is 0 Å². The number of halogens is 1. The standard InChI is InChI=1S/C22H33ClO2/c23-20-15-21(25-22(16-20)19-11-5-2-6-12-19)13-7-8-14-24-17-18-9-3-1-4-10-18/h1,3-4,9-10,19-22H,2,5-8,11-17H2/t20-,21?,22+/m0/s1.